The fourth-order valence-electron chi connectivity index (χ4n) is 2.18. The first-order chi connectivity index (χ1) is 13.6. The van der Waals surface area contributed by atoms with Crippen LogP contribution in [0.15, 0.2) is 42.5 Å². The molecule has 0 bridgehead atoms. The average Bonchev–Trinajstić information content (AvgIpc) is 2.66. The molecule has 0 aliphatic rings. The molecule has 0 unspecified atom stereocenters. The van der Waals surface area contributed by atoms with Crippen molar-refractivity contribution in [3.05, 3.63) is 68.7 Å². The lowest BCUT2D eigenvalue weighted by Gasteiger charge is -2.11. The van der Waals surface area contributed by atoms with E-state index in [1.807, 2.05) is 0 Å². The van der Waals surface area contributed by atoms with Gasteiger partial charge in [-0.05, 0) is 35.9 Å². The van der Waals surface area contributed by atoms with Crippen LogP contribution in [0.3, 0.4) is 0 Å². The number of hydrogen-bond acceptors (Lipinski definition) is 5. The van der Waals surface area contributed by atoms with Crippen LogP contribution >= 0.6 is 11.6 Å². The monoisotopic (exact) mass is 430 g/mol. The van der Waals surface area contributed by atoms with Crippen molar-refractivity contribution in [3.8, 4) is 0 Å². The number of anilines is 1. The van der Waals surface area contributed by atoms with E-state index in [0.717, 1.165) is 12.1 Å². The molecule has 0 aromatic heterocycles. The highest BCUT2D eigenvalue weighted by Gasteiger charge is 2.31. The van der Waals surface area contributed by atoms with Crippen molar-refractivity contribution in [3.63, 3.8) is 0 Å². The van der Waals surface area contributed by atoms with Crippen LogP contribution in [0.2, 0.25) is 5.02 Å². The Bertz CT molecular complexity index is 917. The molecule has 2 rings (SSSR count). The van der Waals surface area contributed by atoms with E-state index in [2.05, 4.69) is 5.32 Å². The molecule has 11 heteroatoms. The van der Waals surface area contributed by atoms with Crippen LogP contribution in [-0.4, -0.2) is 16.8 Å². The predicted molar refractivity (Wildman–Crippen MR) is 97.2 cm³/mol. The van der Waals surface area contributed by atoms with Gasteiger partial charge in [-0.25, -0.2) is 0 Å². The maximum atomic E-state index is 12.7. The second-order valence-electron chi connectivity index (χ2n) is 5.82. The van der Waals surface area contributed by atoms with Gasteiger partial charge in [-0.15, -0.1) is 0 Å². The zero-order valence-electron chi connectivity index (χ0n) is 14.7. The summed E-state index contributed by atoms with van der Waals surface area (Å²) in [6, 6.07) is 7.87. The first-order valence-corrected chi connectivity index (χ1v) is 8.49. The Morgan fingerprint density at radius 1 is 1.10 bits per heavy atom. The maximum absolute atomic E-state index is 12.7. The van der Waals surface area contributed by atoms with E-state index in [9.17, 15) is 32.9 Å². The summed E-state index contributed by atoms with van der Waals surface area (Å²) in [5.74, 6) is -1.42. The molecule has 2 aromatic rings. The third-order valence-electron chi connectivity index (χ3n) is 3.67. The second kappa shape index (κ2) is 9.37. The number of nitrogens with zero attached hydrogens (tertiary/aromatic N) is 1. The molecular formula is C18H14ClF3N2O5. The molecular weight excluding hydrogens is 417 g/mol. The molecule has 0 heterocycles. The highest BCUT2D eigenvalue weighted by atomic mass is 35.5. The number of nitrogens with one attached hydrogen (secondary N) is 1. The summed E-state index contributed by atoms with van der Waals surface area (Å²) >= 11 is 5.79. The fraction of sp³-hybridized carbons (Fsp3) is 0.222. The minimum atomic E-state index is -4.59. The average molecular weight is 431 g/mol. The van der Waals surface area contributed by atoms with Gasteiger partial charge in [0.2, 0.25) is 5.91 Å². The van der Waals surface area contributed by atoms with Gasteiger partial charge < -0.3 is 10.1 Å². The number of nitro groups is 1. The molecule has 0 atom stereocenters. The summed E-state index contributed by atoms with van der Waals surface area (Å²) in [4.78, 5) is 33.6. The molecule has 0 aliphatic heterocycles. The molecule has 0 saturated carbocycles. The number of carbonyl (C=O) groups is 2. The van der Waals surface area contributed by atoms with Gasteiger partial charge in [0.1, 0.15) is 6.61 Å². The Morgan fingerprint density at radius 3 is 2.34 bits per heavy atom. The Kier molecular flexibility index (Phi) is 7.16. The normalized spacial score (nSPS) is 11.0. The van der Waals surface area contributed by atoms with E-state index in [1.165, 1.54) is 24.3 Å². The molecule has 2 aromatic carbocycles. The lowest BCUT2D eigenvalue weighted by molar-refractivity contribution is -0.384. The van der Waals surface area contributed by atoms with E-state index >= 15 is 0 Å². The van der Waals surface area contributed by atoms with Gasteiger partial charge in [0.15, 0.2) is 0 Å². The van der Waals surface area contributed by atoms with Crippen molar-refractivity contribution in [2.45, 2.75) is 25.6 Å². The van der Waals surface area contributed by atoms with Gasteiger partial charge in [0.25, 0.3) is 5.69 Å². The molecule has 29 heavy (non-hydrogen) atoms. The number of rotatable bonds is 7. The van der Waals surface area contributed by atoms with Crippen molar-refractivity contribution in [2.24, 2.45) is 0 Å². The molecule has 1 amide bonds. The van der Waals surface area contributed by atoms with Crippen LogP contribution < -0.4 is 5.32 Å². The number of benzene rings is 2. The standard InChI is InChI=1S/C18H14ClF3N2O5/c19-14-6-3-12(18(20,21)22)9-15(14)23-16(25)7-8-17(26)29-10-11-1-4-13(5-2-11)24(27)28/h1-6,9H,7-8,10H2,(H,23,25). The smallest absolute Gasteiger partial charge is 0.416 e. The number of non-ortho nitro benzene ring substituents is 1. The van der Waals surface area contributed by atoms with E-state index in [1.54, 1.807) is 0 Å². The molecule has 0 spiro atoms. The van der Waals surface area contributed by atoms with Gasteiger partial charge in [-0.1, -0.05) is 11.6 Å². The van der Waals surface area contributed by atoms with E-state index in [-0.39, 0.29) is 35.8 Å². The van der Waals surface area contributed by atoms with Crippen LogP contribution in [-0.2, 0) is 27.1 Å². The molecule has 1 N–H and O–H groups in total. The summed E-state index contributed by atoms with van der Waals surface area (Å²) in [5, 5.41) is 12.7. The Balaban J connectivity index is 1.83. The Morgan fingerprint density at radius 2 is 1.76 bits per heavy atom. The zero-order chi connectivity index (χ0) is 21.6. The van der Waals surface area contributed by atoms with Crippen LogP contribution in [0.5, 0.6) is 0 Å². The molecule has 0 radical (unpaired) electrons. The number of hydrogen-bond donors (Lipinski definition) is 1. The van der Waals surface area contributed by atoms with Crippen molar-refractivity contribution in [2.75, 3.05) is 5.32 Å². The number of nitro benzene ring substituents is 1. The maximum Gasteiger partial charge on any atom is 0.416 e. The summed E-state index contributed by atoms with van der Waals surface area (Å²) < 4.78 is 43.1. The minimum absolute atomic E-state index is 0.0768. The lowest BCUT2D eigenvalue weighted by Crippen LogP contribution is -2.15. The zero-order valence-corrected chi connectivity index (χ0v) is 15.4. The summed E-state index contributed by atoms with van der Waals surface area (Å²) in [5.41, 5.74) is -0.778. The van der Waals surface area contributed by atoms with Crippen molar-refractivity contribution in [1.82, 2.24) is 0 Å². The van der Waals surface area contributed by atoms with Gasteiger partial charge in [0, 0.05) is 18.6 Å². The number of ether oxygens (including phenoxy) is 1. The number of halogens is 4. The van der Waals surface area contributed by atoms with Crippen LogP contribution in [0.4, 0.5) is 24.5 Å². The van der Waals surface area contributed by atoms with Crippen molar-refractivity contribution >= 4 is 34.9 Å². The Hall–Kier alpha value is -3.14. The molecule has 7 nitrogen and oxygen atoms in total. The van der Waals surface area contributed by atoms with Gasteiger partial charge in [0.05, 0.1) is 27.6 Å². The quantitative estimate of drug-likeness (QED) is 0.389. The van der Waals surface area contributed by atoms with Crippen LogP contribution in [0.1, 0.15) is 24.0 Å². The molecule has 0 aliphatic carbocycles. The van der Waals surface area contributed by atoms with Crippen LogP contribution in [0.25, 0.3) is 0 Å². The van der Waals surface area contributed by atoms with Gasteiger partial charge in [-0.3, -0.25) is 19.7 Å². The number of carbonyl (C=O) groups excluding carboxylic acids is 2. The minimum Gasteiger partial charge on any atom is -0.461 e. The van der Waals surface area contributed by atoms with E-state index in [4.69, 9.17) is 16.3 Å². The third kappa shape index (κ3) is 6.75. The molecule has 0 saturated heterocycles. The predicted octanol–water partition coefficient (Wildman–Crippen LogP) is 4.73. The van der Waals surface area contributed by atoms with Gasteiger partial charge >= 0.3 is 12.1 Å². The summed E-state index contributed by atoms with van der Waals surface area (Å²) in [7, 11) is 0. The Labute approximate surface area is 167 Å². The first kappa shape index (κ1) is 22.2. The van der Waals surface area contributed by atoms with E-state index < -0.39 is 28.5 Å². The molecule has 154 valence electrons. The first-order valence-electron chi connectivity index (χ1n) is 8.12. The SMILES string of the molecule is O=C(CCC(=O)OCc1ccc([N+](=O)[O-])cc1)Nc1cc(C(F)(F)F)ccc1Cl. The van der Waals surface area contributed by atoms with Gasteiger partial charge in [-0.2, -0.15) is 13.2 Å². The summed E-state index contributed by atoms with van der Waals surface area (Å²) in [6.07, 6.45) is -5.23. The largest absolute Gasteiger partial charge is 0.461 e. The highest BCUT2D eigenvalue weighted by Crippen LogP contribution is 2.33. The van der Waals surface area contributed by atoms with Crippen LogP contribution in [0, 0.1) is 10.1 Å². The highest BCUT2D eigenvalue weighted by molar-refractivity contribution is 6.33. The fourth-order valence-corrected chi connectivity index (χ4v) is 2.34. The number of amides is 1. The second-order valence-corrected chi connectivity index (χ2v) is 6.23. The van der Waals surface area contributed by atoms with Crippen molar-refractivity contribution in [1.29, 1.82) is 0 Å². The van der Waals surface area contributed by atoms with E-state index in [0.29, 0.717) is 11.6 Å². The third-order valence-corrected chi connectivity index (χ3v) is 4.00. The number of alkyl halides is 3. The molecule has 0 fully saturated rings. The topological polar surface area (TPSA) is 98.5 Å². The summed E-state index contributed by atoms with van der Waals surface area (Å²) in [6.45, 7) is -0.141. The van der Waals surface area contributed by atoms with Crippen molar-refractivity contribution < 1.29 is 32.4 Å². The lowest BCUT2D eigenvalue weighted by atomic mass is 10.2. The number of esters is 1.